The molecular formula is C3H15Cl2N3. The molecule has 0 spiro atoms. The minimum absolute atomic E-state index is 0. The average molecular weight is 164 g/mol. The minimum atomic E-state index is 0. The molecule has 0 saturated heterocycles. The molecule has 0 saturated carbocycles. The van der Waals surface area contributed by atoms with Crippen molar-refractivity contribution < 1.29 is 0 Å². The first-order chi connectivity index (χ1) is 2.73. The van der Waals surface area contributed by atoms with Gasteiger partial charge >= 0.3 is 0 Å². The molecule has 0 heterocycles. The topological polar surface area (TPSA) is 55.3 Å². The standard InChI is InChI=1S/C3H9N.2ClH.H4N2/c1-4(2)3;;;1-2/h1-3H3;2*1H;1-2H2. The Hall–Kier alpha value is 0.460. The highest BCUT2D eigenvalue weighted by molar-refractivity contribution is 5.85. The monoisotopic (exact) mass is 163 g/mol. The molecule has 0 aromatic rings. The van der Waals surface area contributed by atoms with E-state index in [0.29, 0.717) is 0 Å². The third-order valence-corrected chi connectivity index (χ3v) is 0. The van der Waals surface area contributed by atoms with Gasteiger partial charge in [0.05, 0.1) is 0 Å². The van der Waals surface area contributed by atoms with Crippen molar-refractivity contribution >= 4 is 24.8 Å². The highest BCUT2D eigenvalue weighted by atomic mass is 35.5. The van der Waals surface area contributed by atoms with Crippen molar-refractivity contribution in [2.75, 3.05) is 21.1 Å². The van der Waals surface area contributed by atoms with Crippen LogP contribution < -0.4 is 11.7 Å². The molecule has 0 bridgehead atoms. The van der Waals surface area contributed by atoms with Crippen LogP contribution in [-0.2, 0) is 0 Å². The van der Waals surface area contributed by atoms with E-state index in [1.807, 2.05) is 26.0 Å². The molecule has 0 aliphatic heterocycles. The van der Waals surface area contributed by atoms with Crippen LogP contribution in [0.2, 0.25) is 0 Å². The lowest BCUT2D eigenvalue weighted by Crippen LogP contribution is -2.02. The Balaban J connectivity index is -0.0000000183. The molecule has 56 valence electrons. The quantitative estimate of drug-likeness (QED) is 0.386. The summed E-state index contributed by atoms with van der Waals surface area (Å²) in [7, 11) is 6.00. The number of nitrogens with zero attached hydrogens (tertiary/aromatic N) is 1. The van der Waals surface area contributed by atoms with E-state index in [2.05, 4.69) is 11.7 Å². The fraction of sp³-hybridized carbons (Fsp3) is 1.00. The summed E-state index contributed by atoms with van der Waals surface area (Å²) in [5.74, 6) is 8.00. The second kappa shape index (κ2) is 26.0. The Morgan fingerprint density at radius 1 is 0.875 bits per heavy atom. The second-order valence-electron chi connectivity index (χ2n) is 1.34. The van der Waals surface area contributed by atoms with E-state index in [1.165, 1.54) is 0 Å². The summed E-state index contributed by atoms with van der Waals surface area (Å²) < 4.78 is 0. The number of hydrogen-bond acceptors (Lipinski definition) is 3. The molecule has 0 aliphatic carbocycles. The zero-order chi connectivity index (χ0) is 5.58. The lowest BCUT2D eigenvalue weighted by Gasteiger charge is -1.90. The van der Waals surface area contributed by atoms with E-state index in [4.69, 9.17) is 0 Å². The third-order valence-electron chi connectivity index (χ3n) is 0. The molecule has 0 unspecified atom stereocenters. The van der Waals surface area contributed by atoms with Crippen molar-refractivity contribution in [2.24, 2.45) is 11.7 Å². The van der Waals surface area contributed by atoms with Gasteiger partial charge in [-0.15, -0.1) is 24.8 Å². The molecule has 0 rings (SSSR count). The SMILES string of the molecule is CN(C)C.Cl.Cl.NN. The Morgan fingerprint density at radius 3 is 0.875 bits per heavy atom. The minimum Gasteiger partial charge on any atom is -0.312 e. The number of hydrazine groups is 1. The van der Waals surface area contributed by atoms with Crippen molar-refractivity contribution in [2.45, 2.75) is 0 Å². The molecule has 0 atom stereocenters. The summed E-state index contributed by atoms with van der Waals surface area (Å²) >= 11 is 0. The molecule has 0 aromatic heterocycles. The molecule has 8 heavy (non-hydrogen) atoms. The van der Waals surface area contributed by atoms with Crippen LogP contribution in [0, 0.1) is 0 Å². The summed E-state index contributed by atoms with van der Waals surface area (Å²) in [6, 6.07) is 0. The molecular weight excluding hydrogens is 149 g/mol. The summed E-state index contributed by atoms with van der Waals surface area (Å²) in [4.78, 5) is 2.00. The molecule has 4 N–H and O–H groups in total. The van der Waals surface area contributed by atoms with E-state index in [-0.39, 0.29) is 24.8 Å². The fourth-order valence-electron chi connectivity index (χ4n) is 0. The largest absolute Gasteiger partial charge is 0.312 e. The van der Waals surface area contributed by atoms with Crippen molar-refractivity contribution in [3.8, 4) is 0 Å². The summed E-state index contributed by atoms with van der Waals surface area (Å²) in [6.07, 6.45) is 0. The van der Waals surface area contributed by atoms with Crippen LogP contribution in [-0.4, -0.2) is 26.0 Å². The van der Waals surface area contributed by atoms with Gasteiger partial charge in [-0.25, -0.2) is 0 Å². The summed E-state index contributed by atoms with van der Waals surface area (Å²) in [5, 5.41) is 0. The van der Waals surface area contributed by atoms with Gasteiger partial charge in [0, 0.05) is 0 Å². The number of halogens is 2. The summed E-state index contributed by atoms with van der Waals surface area (Å²) in [6.45, 7) is 0. The maximum absolute atomic E-state index is 4.00. The molecule has 0 amide bonds. The maximum atomic E-state index is 4.00. The van der Waals surface area contributed by atoms with E-state index in [9.17, 15) is 0 Å². The molecule has 0 aliphatic rings. The van der Waals surface area contributed by atoms with Crippen molar-refractivity contribution in [1.29, 1.82) is 0 Å². The molecule has 0 radical (unpaired) electrons. The fourth-order valence-corrected chi connectivity index (χ4v) is 0. The lowest BCUT2D eigenvalue weighted by molar-refractivity contribution is 0.505. The third kappa shape index (κ3) is 910. The van der Waals surface area contributed by atoms with Gasteiger partial charge in [-0.05, 0) is 21.1 Å². The predicted octanol–water partition coefficient (Wildman–Crippen LogP) is -0.160. The molecule has 3 nitrogen and oxygen atoms in total. The van der Waals surface area contributed by atoms with Gasteiger partial charge < -0.3 is 4.90 Å². The number of nitrogens with two attached hydrogens (primary N) is 2. The number of rotatable bonds is 0. The molecule has 0 fully saturated rings. The Morgan fingerprint density at radius 2 is 0.875 bits per heavy atom. The Bertz CT molecular complexity index is 17.2. The average Bonchev–Trinajstić information content (AvgIpc) is 1.41. The first-order valence-corrected chi connectivity index (χ1v) is 1.67. The predicted molar refractivity (Wildman–Crippen MR) is 42.5 cm³/mol. The zero-order valence-electron chi connectivity index (χ0n) is 5.42. The maximum Gasteiger partial charge on any atom is -0.0140 e. The van der Waals surface area contributed by atoms with Gasteiger partial charge in [0.25, 0.3) is 0 Å². The normalized spacial score (nSPS) is 5.25. The van der Waals surface area contributed by atoms with Crippen LogP contribution in [0.1, 0.15) is 0 Å². The second-order valence-corrected chi connectivity index (χ2v) is 1.34. The van der Waals surface area contributed by atoms with Gasteiger partial charge in [-0.1, -0.05) is 0 Å². The van der Waals surface area contributed by atoms with E-state index < -0.39 is 0 Å². The summed E-state index contributed by atoms with van der Waals surface area (Å²) in [5.41, 5.74) is 0. The Kier molecular flexibility index (Phi) is 76.9. The van der Waals surface area contributed by atoms with E-state index in [0.717, 1.165) is 0 Å². The lowest BCUT2D eigenvalue weighted by atomic mass is 11.0. The van der Waals surface area contributed by atoms with Crippen LogP contribution in [0.5, 0.6) is 0 Å². The van der Waals surface area contributed by atoms with Gasteiger partial charge in [0.2, 0.25) is 0 Å². The van der Waals surface area contributed by atoms with Crippen LogP contribution in [0.25, 0.3) is 0 Å². The highest BCUT2D eigenvalue weighted by Crippen LogP contribution is 1.47. The van der Waals surface area contributed by atoms with Gasteiger partial charge in [-0.2, -0.15) is 0 Å². The van der Waals surface area contributed by atoms with Gasteiger partial charge in [0.1, 0.15) is 0 Å². The van der Waals surface area contributed by atoms with Crippen LogP contribution in [0.15, 0.2) is 0 Å². The van der Waals surface area contributed by atoms with Crippen LogP contribution in [0.4, 0.5) is 0 Å². The van der Waals surface area contributed by atoms with Crippen LogP contribution >= 0.6 is 24.8 Å². The van der Waals surface area contributed by atoms with Crippen LogP contribution in [0.3, 0.4) is 0 Å². The smallest absolute Gasteiger partial charge is 0.0140 e. The Labute approximate surface area is 63.2 Å². The van der Waals surface area contributed by atoms with E-state index in [1.54, 1.807) is 0 Å². The van der Waals surface area contributed by atoms with Crippen molar-refractivity contribution in [3.05, 3.63) is 0 Å². The van der Waals surface area contributed by atoms with Crippen molar-refractivity contribution in [3.63, 3.8) is 0 Å². The first-order valence-electron chi connectivity index (χ1n) is 1.67. The highest BCUT2D eigenvalue weighted by Gasteiger charge is 1.58. The first kappa shape index (κ1) is 23.7. The number of hydrogen-bond donors (Lipinski definition) is 2. The van der Waals surface area contributed by atoms with Gasteiger partial charge in [0.15, 0.2) is 0 Å². The van der Waals surface area contributed by atoms with Gasteiger partial charge in [-0.3, -0.25) is 11.7 Å². The van der Waals surface area contributed by atoms with E-state index >= 15 is 0 Å². The zero-order valence-corrected chi connectivity index (χ0v) is 7.05. The van der Waals surface area contributed by atoms with Crippen molar-refractivity contribution in [1.82, 2.24) is 4.90 Å². The molecule has 0 aromatic carbocycles. The molecule has 5 heteroatoms.